The van der Waals surface area contributed by atoms with Crippen molar-refractivity contribution < 1.29 is 19.5 Å². The Hall–Kier alpha value is -1.59. The summed E-state index contributed by atoms with van der Waals surface area (Å²) < 4.78 is 0. The summed E-state index contributed by atoms with van der Waals surface area (Å²) in [7, 11) is 0. The van der Waals surface area contributed by atoms with Gasteiger partial charge >= 0.3 is 5.97 Å². The van der Waals surface area contributed by atoms with Crippen LogP contribution >= 0.6 is 0 Å². The van der Waals surface area contributed by atoms with Crippen LogP contribution in [0.15, 0.2) is 0 Å². The third kappa shape index (κ3) is 3.71. The summed E-state index contributed by atoms with van der Waals surface area (Å²) in [5.41, 5.74) is 0. The number of carboxylic acids is 1. The lowest BCUT2D eigenvalue weighted by Crippen LogP contribution is -2.41. The van der Waals surface area contributed by atoms with Gasteiger partial charge in [-0.25, -0.2) is 0 Å². The summed E-state index contributed by atoms with van der Waals surface area (Å²) in [5.74, 6) is -2.26. The lowest BCUT2D eigenvalue weighted by molar-refractivity contribution is -0.146. The number of carboxylic acid groups (broad SMARTS) is 1. The number of carbonyl (C=O) groups excluding carboxylic acids is 2. The van der Waals surface area contributed by atoms with Gasteiger partial charge in [0.05, 0.1) is 18.4 Å². The molecule has 1 unspecified atom stereocenters. The molecule has 0 bridgehead atoms. The van der Waals surface area contributed by atoms with Crippen molar-refractivity contribution in [2.24, 2.45) is 17.8 Å². The number of hydrogen-bond donors (Lipinski definition) is 3. The molecule has 112 valence electrons. The number of amides is 2. The van der Waals surface area contributed by atoms with Crippen LogP contribution in [0.2, 0.25) is 0 Å². The van der Waals surface area contributed by atoms with Crippen LogP contribution in [0.5, 0.6) is 0 Å². The lowest BCUT2D eigenvalue weighted by Gasteiger charge is -2.15. The van der Waals surface area contributed by atoms with Crippen LogP contribution in [0.4, 0.5) is 0 Å². The molecule has 2 amide bonds. The van der Waals surface area contributed by atoms with Gasteiger partial charge in [-0.05, 0) is 31.6 Å². The molecule has 3 N–H and O–H groups in total. The zero-order chi connectivity index (χ0) is 14.7. The van der Waals surface area contributed by atoms with Crippen molar-refractivity contribution in [3.63, 3.8) is 0 Å². The zero-order valence-electron chi connectivity index (χ0n) is 11.7. The number of aliphatic carboxylic acids is 1. The maximum Gasteiger partial charge on any atom is 0.307 e. The van der Waals surface area contributed by atoms with Crippen LogP contribution in [0.3, 0.4) is 0 Å². The maximum atomic E-state index is 12.1. The van der Waals surface area contributed by atoms with Gasteiger partial charge in [0.2, 0.25) is 11.8 Å². The summed E-state index contributed by atoms with van der Waals surface area (Å²) in [4.78, 5) is 34.8. The first-order valence-electron chi connectivity index (χ1n) is 7.31. The summed E-state index contributed by atoms with van der Waals surface area (Å²) in [5, 5.41) is 14.5. The average Bonchev–Trinajstić information content (AvgIpc) is 3.10. The van der Waals surface area contributed by atoms with E-state index in [0.717, 1.165) is 19.3 Å². The smallest absolute Gasteiger partial charge is 0.307 e. The van der Waals surface area contributed by atoms with E-state index in [1.165, 1.54) is 0 Å². The number of hydrogen-bond acceptors (Lipinski definition) is 3. The quantitative estimate of drug-likeness (QED) is 0.661. The monoisotopic (exact) mass is 282 g/mol. The van der Waals surface area contributed by atoms with Crippen LogP contribution in [0.1, 0.15) is 39.0 Å². The third-order valence-corrected chi connectivity index (χ3v) is 4.26. The van der Waals surface area contributed by atoms with Gasteiger partial charge in [-0.15, -0.1) is 0 Å². The highest BCUT2D eigenvalue weighted by Crippen LogP contribution is 2.38. The van der Waals surface area contributed by atoms with Crippen molar-refractivity contribution in [3.8, 4) is 0 Å². The highest BCUT2D eigenvalue weighted by atomic mass is 16.4. The molecule has 6 heteroatoms. The Kier molecular flexibility index (Phi) is 4.62. The molecule has 0 radical (unpaired) electrons. The first kappa shape index (κ1) is 14.8. The predicted octanol–water partition coefficient (Wildman–Crippen LogP) is 0.518. The second-order valence-corrected chi connectivity index (χ2v) is 5.86. The molecular formula is C14H22N2O4. The van der Waals surface area contributed by atoms with Crippen LogP contribution < -0.4 is 10.6 Å². The SMILES string of the molecule is CCC1C[C@H](C(=O)NCC(=O)NC2CC2)[C@H](C(=O)O)C1. The van der Waals surface area contributed by atoms with Crippen LogP contribution in [0.25, 0.3) is 0 Å². The van der Waals surface area contributed by atoms with Crippen LogP contribution in [0, 0.1) is 17.8 Å². The molecule has 2 aliphatic carbocycles. The van der Waals surface area contributed by atoms with E-state index in [-0.39, 0.29) is 30.3 Å². The standard InChI is InChI=1S/C14H22N2O4/c1-2-8-5-10(11(6-8)14(19)20)13(18)15-7-12(17)16-9-3-4-9/h8-11H,2-7H2,1H3,(H,15,18)(H,16,17)(H,19,20)/t8?,10-,11+/m0/s1. The maximum absolute atomic E-state index is 12.1. The summed E-state index contributed by atoms with van der Waals surface area (Å²) in [6.07, 6.45) is 4.04. The topological polar surface area (TPSA) is 95.5 Å². The van der Waals surface area contributed by atoms with Crippen molar-refractivity contribution >= 4 is 17.8 Å². The molecule has 2 fully saturated rings. The van der Waals surface area contributed by atoms with Gasteiger partial charge in [0.1, 0.15) is 0 Å². The molecule has 0 heterocycles. The first-order chi connectivity index (χ1) is 9.51. The van der Waals surface area contributed by atoms with Gasteiger partial charge in [-0.3, -0.25) is 14.4 Å². The predicted molar refractivity (Wildman–Crippen MR) is 71.8 cm³/mol. The Morgan fingerprint density at radius 1 is 1.15 bits per heavy atom. The average molecular weight is 282 g/mol. The van der Waals surface area contributed by atoms with Gasteiger partial charge in [0.15, 0.2) is 0 Å². The van der Waals surface area contributed by atoms with E-state index in [2.05, 4.69) is 10.6 Å². The normalized spacial score (nSPS) is 28.9. The van der Waals surface area contributed by atoms with Crippen molar-refractivity contribution in [1.82, 2.24) is 10.6 Å². The summed E-state index contributed by atoms with van der Waals surface area (Å²) in [6, 6.07) is 0.266. The minimum absolute atomic E-state index is 0.0606. The molecule has 0 aromatic carbocycles. The third-order valence-electron chi connectivity index (χ3n) is 4.26. The fourth-order valence-electron chi connectivity index (χ4n) is 2.84. The van der Waals surface area contributed by atoms with Crippen LogP contribution in [-0.4, -0.2) is 35.5 Å². The number of nitrogens with one attached hydrogen (secondary N) is 2. The molecule has 2 rings (SSSR count). The lowest BCUT2D eigenvalue weighted by atomic mass is 9.95. The molecule has 0 saturated heterocycles. The van der Waals surface area contributed by atoms with E-state index in [9.17, 15) is 19.5 Å². The Balaban J connectivity index is 1.83. The van der Waals surface area contributed by atoms with Gasteiger partial charge < -0.3 is 15.7 Å². The fraction of sp³-hybridized carbons (Fsp3) is 0.786. The Morgan fingerprint density at radius 3 is 2.35 bits per heavy atom. The van der Waals surface area contributed by atoms with Crippen LogP contribution in [-0.2, 0) is 14.4 Å². The van der Waals surface area contributed by atoms with E-state index in [0.29, 0.717) is 12.8 Å². The van der Waals surface area contributed by atoms with E-state index in [1.54, 1.807) is 0 Å². The van der Waals surface area contributed by atoms with E-state index in [4.69, 9.17) is 0 Å². The van der Waals surface area contributed by atoms with E-state index < -0.39 is 17.8 Å². The molecule has 0 aromatic heterocycles. The highest BCUT2D eigenvalue weighted by Gasteiger charge is 2.42. The molecule has 20 heavy (non-hydrogen) atoms. The fourth-order valence-corrected chi connectivity index (χ4v) is 2.84. The Morgan fingerprint density at radius 2 is 1.80 bits per heavy atom. The van der Waals surface area contributed by atoms with Crippen molar-refractivity contribution in [2.45, 2.75) is 45.1 Å². The number of carbonyl (C=O) groups is 3. The van der Waals surface area contributed by atoms with Gasteiger partial charge in [0.25, 0.3) is 0 Å². The Labute approximate surface area is 118 Å². The Bertz CT molecular complexity index is 406. The molecule has 2 aliphatic rings. The zero-order valence-corrected chi connectivity index (χ0v) is 11.7. The van der Waals surface area contributed by atoms with Crippen molar-refractivity contribution in [1.29, 1.82) is 0 Å². The van der Waals surface area contributed by atoms with Gasteiger partial charge in [-0.1, -0.05) is 13.3 Å². The first-order valence-corrected chi connectivity index (χ1v) is 7.31. The number of rotatable bonds is 6. The van der Waals surface area contributed by atoms with E-state index in [1.807, 2.05) is 6.92 Å². The highest BCUT2D eigenvalue weighted by molar-refractivity contribution is 5.89. The minimum Gasteiger partial charge on any atom is -0.481 e. The second kappa shape index (κ2) is 6.24. The molecule has 2 saturated carbocycles. The molecule has 0 aliphatic heterocycles. The second-order valence-electron chi connectivity index (χ2n) is 5.86. The molecular weight excluding hydrogens is 260 g/mol. The molecule has 3 atom stereocenters. The van der Waals surface area contributed by atoms with E-state index >= 15 is 0 Å². The molecule has 0 spiro atoms. The largest absolute Gasteiger partial charge is 0.481 e. The van der Waals surface area contributed by atoms with Gasteiger partial charge in [0, 0.05) is 6.04 Å². The van der Waals surface area contributed by atoms with Crippen molar-refractivity contribution in [2.75, 3.05) is 6.54 Å². The summed E-state index contributed by atoms with van der Waals surface area (Å²) >= 11 is 0. The van der Waals surface area contributed by atoms with Crippen molar-refractivity contribution in [3.05, 3.63) is 0 Å². The minimum atomic E-state index is -0.913. The summed E-state index contributed by atoms with van der Waals surface area (Å²) in [6.45, 7) is 1.95. The molecule has 6 nitrogen and oxygen atoms in total. The van der Waals surface area contributed by atoms with Gasteiger partial charge in [-0.2, -0.15) is 0 Å². The molecule has 0 aromatic rings.